The number of rotatable bonds is 5. The average Bonchev–Trinajstić information content (AvgIpc) is 3.11. The molecular weight excluding hydrogens is 214 g/mol. The van der Waals surface area contributed by atoms with Gasteiger partial charge in [0.1, 0.15) is 12.4 Å². The van der Waals surface area contributed by atoms with Crippen molar-refractivity contribution >= 4 is 11.6 Å². The molecule has 0 unspecified atom stereocenters. The fraction of sp³-hybridized carbons (Fsp3) is 0.357. The summed E-state index contributed by atoms with van der Waals surface area (Å²) in [7, 11) is 0. The first-order chi connectivity index (χ1) is 8.16. The van der Waals surface area contributed by atoms with Crippen molar-refractivity contribution in [2.24, 2.45) is 5.92 Å². The Morgan fingerprint density at radius 1 is 1.47 bits per heavy atom. The third-order valence-corrected chi connectivity index (χ3v) is 2.57. The molecule has 1 aliphatic carbocycles. The molecule has 0 radical (unpaired) electrons. The molecule has 90 valence electrons. The predicted molar refractivity (Wildman–Crippen MR) is 68.1 cm³/mol. The highest BCUT2D eigenvalue weighted by Gasteiger charge is 2.29. The highest BCUT2D eigenvalue weighted by atomic mass is 16.5. The third kappa shape index (κ3) is 3.34. The van der Waals surface area contributed by atoms with Crippen molar-refractivity contribution in [2.75, 3.05) is 11.9 Å². The number of amides is 1. The molecule has 1 saturated carbocycles. The number of ether oxygens (including phenoxy) is 1. The van der Waals surface area contributed by atoms with Crippen LogP contribution in [0.2, 0.25) is 0 Å². The summed E-state index contributed by atoms with van der Waals surface area (Å²) in [5.74, 6) is 0.991. The molecule has 3 nitrogen and oxygen atoms in total. The Hall–Kier alpha value is -1.77. The first-order valence-electron chi connectivity index (χ1n) is 5.84. The van der Waals surface area contributed by atoms with E-state index in [0.29, 0.717) is 12.4 Å². The highest BCUT2D eigenvalue weighted by Crippen LogP contribution is 2.32. The van der Waals surface area contributed by atoms with E-state index >= 15 is 0 Å². The van der Waals surface area contributed by atoms with Crippen molar-refractivity contribution in [3.8, 4) is 5.75 Å². The number of hydrogen-bond acceptors (Lipinski definition) is 2. The van der Waals surface area contributed by atoms with Crippen molar-refractivity contribution in [2.45, 2.75) is 19.8 Å². The molecule has 0 atom stereocenters. The lowest BCUT2D eigenvalue weighted by Crippen LogP contribution is -2.14. The lowest BCUT2D eigenvalue weighted by molar-refractivity contribution is -0.117. The van der Waals surface area contributed by atoms with Crippen LogP contribution in [0.4, 0.5) is 5.69 Å². The van der Waals surface area contributed by atoms with Crippen LogP contribution in [0.3, 0.4) is 0 Å². The zero-order valence-corrected chi connectivity index (χ0v) is 10.0. The minimum Gasteiger partial charge on any atom is -0.487 e. The van der Waals surface area contributed by atoms with Crippen LogP contribution in [-0.2, 0) is 4.79 Å². The molecule has 1 amide bonds. The van der Waals surface area contributed by atoms with E-state index in [-0.39, 0.29) is 11.8 Å². The lowest BCUT2D eigenvalue weighted by Gasteiger charge is -2.12. The minimum absolute atomic E-state index is 0.0939. The van der Waals surface area contributed by atoms with Crippen LogP contribution in [-0.4, -0.2) is 12.5 Å². The van der Waals surface area contributed by atoms with Crippen molar-refractivity contribution in [3.63, 3.8) is 0 Å². The monoisotopic (exact) mass is 231 g/mol. The summed E-state index contributed by atoms with van der Waals surface area (Å²) in [6, 6.07) is 7.48. The van der Waals surface area contributed by atoms with E-state index in [9.17, 15) is 4.79 Å². The van der Waals surface area contributed by atoms with Gasteiger partial charge in [-0.05, 0) is 37.5 Å². The second kappa shape index (κ2) is 5.04. The molecule has 1 N–H and O–H groups in total. The van der Waals surface area contributed by atoms with Gasteiger partial charge in [-0.2, -0.15) is 0 Å². The maximum atomic E-state index is 11.7. The van der Waals surface area contributed by atoms with Crippen molar-refractivity contribution < 1.29 is 9.53 Å². The summed E-state index contributed by atoms with van der Waals surface area (Å²) in [5, 5.41) is 2.90. The summed E-state index contributed by atoms with van der Waals surface area (Å²) < 4.78 is 5.59. The predicted octanol–water partition coefficient (Wildman–Crippen LogP) is 2.99. The molecule has 1 aliphatic rings. The van der Waals surface area contributed by atoms with Crippen LogP contribution >= 0.6 is 0 Å². The topological polar surface area (TPSA) is 38.3 Å². The molecule has 0 spiro atoms. The standard InChI is InChI=1S/C14H17NO2/c1-10(2)9-17-13-6-4-3-5-12(13)15-14(16)11-7-8-11/h3-6,11H,1,7-9H2,2H3,(H,15,16). The maximum Gasteiger partial charge on any atom is 0.227 e. The minimum atomic E-state index is 0.0939. The Morgan fingerprint density at radius 2 is 2.18 bits per heavy atom. The van der Waals surface area contributed by atoms with E-state index < -0.39 is 0 Å². The molecule has 0 saturated heterocycles. The highest BCUT2D eigenvalue weighted by molar-refractivity contribution is 5.95. The van der Waals surface area contributed by atoms with Crippen molar-refractivity contribution in [1.82, 2.24) is 0 Å². The number of anilines is 1. The van der Waals surface area contributed by atoms with Gasteiger partial charge in [-0.3, -0.25) is 4.79 Å². The largest absolute Gasteiger partial charge is 0.487 e. The van der Waals surface area contributed by atoms with Crippen LogP contribution in [0.1, 0.15) is 19.8 Å². The van der Waals surface area contributed by atoms with Gasteiger partial charge in [0.2, 0.25) is 5.91 Å². The Balaban J connectivity index is 2.03. The first-order valence-corrected chi connectivity index (χ1v) is 5.84. The number of carbonyl (C=O) groups excluding carboxylic acids is 1. The fourth-order valence-corrected chi connectivity index (χ4v) is 1.48. The molecule has 1 fully saturated rings. The van der Waals surface area contributed by atoms with Gasteiger partial charge >= 0.3 is 0 Å². The molecule has 0 bridgehead atoms. The molecule has 1 aromatic rings. The van der Waals surface area contributed by atoms with E-state index in [2.05, 4.69) is 11.9 Å². The number of nitrogens with one attached hydrogen (secondary N) is 1. The van der Waals surface area contributed by atoms with E-state index in [1.807, 2.05) is 31.2 Å². The first kappa shape index (κ1) is 11.7. The molecule has 0 aromatic heterocycles. The van der Waals surface area contributed by atoms with Gasteiger partial charge in [-0.25, -0.2) is 0 Å². The van der Waals surface area contributed by atoms with Gasteiger partial charge in [0, 0.05) is 5.92 Å². The summed E-state index contributed by atoms with van der Waals surface area (Å²) in [6.45, 7) is 6.16. The van der Waals surface area contributed by atoms with E-state index in [1.54, 1.807) is 0 Å². The SMILES string of the molecule is C=C(C)COc1ccccc1NC(=O)C1CC1. The number of carbonyl (C=O) groups is 1. The second-order valence-corrected chi connectivity index (χ2v) is 4.51. The van der Waals surface area contributed by atoms with Crippen LogP contribution in [0.25, 0.3) is 0 Å². The normalized spacial score (nSPS) is 14.2. The Labute approximate surface area is 101 Å². The molecule has 0 aliphatic heterocycles. The Bertz CT molecular complexity index is 436. The van der Waals surface area contributed by atoms with Gasteiger partial charge < -0.3 is 10.1 Å². The van der Waals surface area contributed by atoms with Gasteiger partial charge in [0.25, 0.3) is 0 Å². The third-order valence-electron chi connectivity index (χ3n) is 2.57. The average molecular weight is 231 g/mol. The van der Waals surface area contributed by atoms with Gasteiger partial charge in [0.15, 0.2) is 0 Å². The van der Waals surface area contributed by atoms with E-state index in [4.69, 9.17) is 4.74 Å². The second-order valence-electron chi connectivity index (χ2n) is 4.51. The van der Waals surface area contributed by atoms with Gasteiger partial charge in [-0.15, -0.1) is 0 Å². The van der Waals surface area contributed by atoms with Gasteiger partial charge in [-0.1, -0.05) is 18.7 Å². The van der Waals surface area contributed by atoms with Crippen LogP contribution < -0.4 is 10.1 Å². The quantitative estimate of drug-likeness (QED) is 0.791. The molecule has 2 rings (SSSR count). The summed E-state index contributed by atoms with van der Waals surface area (Å²) in [5.41, 5.74) is 1.69. The maximum absolute atomic E-state index is 11.7. The summed E-state index contributed by atoms with van der Waals surface area (Å²) in [6.07, 6.45) is 2.00. The van der Waals surface area contributed by atoms with Gasteiger partial charge in [0.05, 0.1) is 5.69 Å². The van der Waals surface area contributed by atoms with Crippen molar-refractivity contribution in [3.05, 3.63) is 36.4 Å². The zero-order chi connectivity index (χ0) is 12.3. The number of hydrogen-bond donors (Lipinski definition) is 1. The van der Waals surface area contributed by atoms with Crippen LogP contribution in [0.5, 0.6) is 5.75 Å². The van der Waals surface area contributed by atoms with E-state index in [0.717, 1.165) is 24.1 Å². The smallest absolute Gasteiger partial charge is 0.227 e. The van der Waals surface area contributed by atoms with E-state index in [1.165, 1.54) is 0 Å². The fourth-order valence-electron chi connectivity index (χ4n) is 1.48. The molecule has 1 aromatic carbocycles. The molecule has 3 heteroatoms. The Morgan fingerprint density at radius 3 is 2.82 bits per heavy atom. The molecular formula is C14H17NO2. The Kier molecular flexibility index (Phi) is 3.47. The van der Waals surface area contributed by atoms with Crippen LogP contribution in [0, 0.1) is 5.92 Å². The molecule has 17 heavy (non-hydrogen) atoms. The summed E-state index contributed by atoms with van der Waals surface area (Å²) >= 11 is 0. The molecule has 0 heterocycles. The van der Waals surface area contributed by atoms with Crippen LogP contribution in [0.15, 0.2) is 36.4 Å². The lowest BCUT2D eigenvalue weighted by atomic mass is 10.2. The summed E-state index contributed by atoms with van der Waals surface area (Å²) in [4.78, 5) is 11.7. The zero-order valence-electron chi connectivity index (χ0n) is 10.0. The number of para-hydroxylation sites is 2. The number of benzene rings is 1. The van der Waals surface area contributed by atoms with Crippen molar-refractivity contribution in [1.29, 1.82) is 0 Å².